The second-order valence-corrected chi connectivity index (χ2v) is 7.47. The molecule has 140 valence electrons. The van der Waals surface area contributed by atoms with Gasteiger partial charge in [-0.2, -0.15) is 4.99 Å². The quantitative estimate of drug-likeness (QED) is 0.459. The molecule has 0 fully saturated rings. The highest BCUT2D eigenvalue weighted by Gasteiger charge is 2.10. The first kappa shape index (κ1) is 18.2. The number of amides is 1. The van der Waals surface area contributed by atoms with Gasteiger partial charge in [0, 0.05) is 12.1 Å². The van der Waals surface area contributed by atoms with E-state index in [0.717, 1.165) is 22.5 Å². The third-order valence-corrected chi connectivity index (χ3v) is 5.45. The SMILES string of the molecule is CCn1c(=NC(=O)c2cccc(Oc3ccccc3)c2)sc2cc(C)ccc21. The highest BCUT2D eigenvalue weighted by Crippen LogP contribution is 2.22. The molecule has 1 heterocycles. The smallest absolute Gasteiger partial charge is 0.279 e. The Morgan fingerprint density at radius 2 is 1.79 bits per heavy atom. The molecule has 3 aromatic carbocycles. The molecule has 4 rings (SSSR count). The molecule has 0 unspecified atom stereocenters. The van der Waals surface area contributed by atoms with Crippen molar-refractivity contribution in [3.8, 4) is 11.5 Å². The van der Waals surface area contributed by atoms with E-state index in [1.807, 2.05) is 42.5 Å². The molecule has 0 radical (unpaired) electrons. The van der Waals surface area contributed by atoms with Crippen LogP contribution >= 0.6 is 11.3 Å². The number of ether oxygens (including phenoxy) is 1. The topological polar surface area (TPSA) is 43.6 Å². The number of aryl methyl sites for hydroxylation is 2. The van der Waals surface area contributed by atoms with Gasteiger partial charge in [-0.15, -0.1) is 0 Å². The molecule has 1 amide bonds. The van der Waals surface area contributed by atoms with Gasteiger partial charge in [0.25, 0.3) is 5.91 Å². The third kappa shape index (κ3) is 3.75. The Balaban J connectivity index is 1.68. The Kier molecular flexibility index (Phi) is 5.08. The monoisotopic (exact) mass is 388 g/mol. The first-order valence-electron chi connectivity index (χ1n) is 9.16. The van der Waals surface area contributed by atoms with Gasteiger partial charge in [-0.05, 0) is 61.9 Å². The van der Waals surface area contributed by atoms with Gasteiger partial charge in [0.1, 0.15) is 11.5 Å². The molecule has 0 saturated heterocycles. The van der Waals surface area contributed by atoms with Crippen LogP contribution in [0.5, 0.6) is 11.5 Å². The fraction of sp³-hybridized carbons (Fsp3) is 0.130. The fourth-order valence-electron chi connectivity index (χ4n) is 3.04. The van der Waals surface area contributed by atoms with Gasteiger partial charge in [0.2, 0.25) is 0 Å². The first-order valence-corrected chi connectivity index (χ1v) is 9.97. The number of carbonyl (C=O) groups is 1. The van der Waals surface area contributed by atoms with E-state index < -0.39 is 0 Å². The van der Waals surface area contributed by atoms with Crippen molar-refractivity contribution in [1.82, 2.24) is 4.57 Å². The number of para-hydroxylation sites is 1. The highest BCUT2D eigenvalue weighted by molar-refractivity contribution is 7.16. The summed E-state index contributed by atoms with van der Waals surface area (Å²) in [4.78, 5) is 17.9. The average molecular weight is 388 g/mol. The van der Waals surface area contributed by atoms with Crippen LogP contribution in [-0.4, -0.2) is 10.5 Å². The summed E-state index contributed by atoms with van der Waals surface area (Å²) in [6, 6.07) is 22.9. The predicted molar refractivity (Wildman–Crippen MR) is 113 cm³/mol. The maximum Gasteiger partial charge on any atom is 0.279 e. The summed E-state index contributed by atoms with van der Waals surface area (Å²) in [5, 5.41) is 0. The molecule has 0 spiro atoms. The van der Waals surface area contributed by atoms with E-state index in [4.69, 9.17) is 4.74 Å². The summed E-state index contributed by atoms with van der Waals surface area (Å²) in [6.07, 6.45) is 0. The van der Waals surface area contributed by atoms with Crippen molar-refractivity contribution in [2.24, 2.45) is 4.99 Å². The Morgan fingerprint density at radius 3 is 2.57 bits per heavy atom. The van der Waals surface area contributed by atoms with Gasteiger partial charge in [-0.25, -0.2) is 0 Å². The molecule has 5 heteroatoms. The van der Waals surface area contributed by atoms with E-state index in [-0.39, 0.29) is 5.91 Å². The largest absolute Gasteiger partial charge is 0.457 e. The van der Waals surface area contributed by atoms with Gasteiger partial charge in [-0.1, -0.05) is 41.7 Å². The van der Waals surface area contributed by atoms with Crippen LogP contribution in [0, 0.1) is 6.92 Å². The lowest BCUT2D eigenvalue weighted by atomic mass is 10.2. The van der Waals surface area contributed by atoms with Crippen molar-refractivity contribution in [3.05, 3.63) is 88.7 Å². The molecule has 0 N–H and O–H groups in total. The van der Waals surface area contributed by atoms with E-state index in [0.29, 0.717) is 16.1 Å². The average Bonchev–Trinajstić information content (AvgIpc) is 3.04. The standard InChI is InChI=1S/C23H20N2O2S/c1-3-25-20-13-12-16(2)14-21(20)28-23(25)24-22(26)17-8-7-11-19(15-17)27-18-9-5-4-6-10-18/h4-15H,3H2,1-2H3. The van der Waals surface area contributed by atoms with Crippen LogP contribution in [-0.2, 0) is 6.54 Å². The zero-order valence-electron chi connectivity index (χ0n) is 15.8. The zero-order chi connectivity index (χ0) is 19.5. The van der Waals surface area contributed by atoms with E-state index >= 15 is 0 Å². The van der Waals surface area contributed by atoms with Crippen LogP contribution in [0.25, 0.3) is 10.2 Å². The number of nitrogens with zero attached hydrogens (tertiary/aromatic N) is 2. The molecule has 4 nitrogen and oxygen atoms in total. The number of thiazole rings is 1. The molecule has 0 aliphatic carbocycles. The van der Waals surface area contributed by atoms with E-state index in [1.54, 1.807) is 12.1 Å². The Hall–Kier alpha value is -3.18. The van der Waals surface area contributed by atoms with Gasteiger partial charge >= 0.3 is 0 Å². The van der Waals surface area contributed by atoms with Gasteiger partial charge in [0.05, 0.1) is 10.2 Å². The van der Waals surface area contributed by atoms with E-state index in [1.165, 1.54) is 16.9 Å². The van der Waals surface area contributed by atoms with Crippen molar-refractivity contribution in [3.63, 3.8) is 0 Å². The first-order chi connectivity index (χ1) is 13.6. The van der Waals surface area contributed by atoms with Crippen LogP contribution in [0.3, 0.4) is 0 Å². The Labute approximate surface area is 167 Å². The van der Waals surface area contributed by atoms with Crippen molar-refractivity contribution in [2.75, 3.05) is 0 Å². The minimum absolute atomic E-state index is 0.274. The van der Waals surface area contributed by atoms with Crippen LogP contribution in [0.4, 0.5) is 0 Å². The minimum atomic E-state index is -0.274. The Morgan fingerprint density at radius 1 is 1.00 bits per heavy atom. The summed E-state index contributed by atoms with van der Waals surface area (Å²) >= 11 is 1.54. The number of hydrogen-bond acceptors (Lipinski definition) is 3. The number of benzene rings is 3. The summed E-state index contributed by atoms with van der Waals surface area (Å²) in [7, 11) is 0. The highest BCUT2D eigenvalue weighted by atomic mass is 32.1. The molecule has 0 aliphatic heterocycles. The number of aromatic nitrogens is 1. The molecule has 0 aliphatic rings. The molecule has 4 aromatic rings. The van der Waals surface area contributed by atoms with Crippen LogP contribution in [0.15, 0.2) is 77.8 Å². The molecular formula is C23H20N2O2S. The molecular weight excluding hydrogens is 368 g/mol. The number of carbonyl (C=O) groups excluding carboxylic acids is 1. The van der Waals surface area contributed by atoms with Crippen molar-refractivity contribution < 1.29 is 9.53 Å². The molecule has 0 saturated carbocycles. The lowest BCUT2D eigenvalue weighted by Crippen LogP contribution is -2.15. The molecule has 0 bridgehead atoms. The lowest BCUT2D eigenvalue weighted by molar-refractivity contribution is 0.0997. The lowest BCUT2D eigenvalue weighted by Gasteiger charge is -2.06. The van der Waals surface area contributed by atoms with Crippen molar-refractivity contribution in [1.29, 1.82) is 0 Å². The van der Waals surface area contributed by atoms with Gasteiger partial charge < -0.3 is 9.30 Å². The number of fused-ring (bicyclic) bond motifs is 1. The minimum Gasteiger partial charge on any atom is -0.457 e. The van der Waals surface area contributed by atoms with Crippen LogP contribution in [0.2, 0.25) is 0 Å². The molecule has 0 atom stereocenters. The second kappa shape index (κ2) is 7.82. The number of hydrogen-bond donors (Lipinski definition) is 0. The summed E-state index contributed by atoms with van der Waals surface area (Å²) in [5.41, 5.74) is 2.80. The summed E-state index contributed by atoms with van der Waals surface area (Å²) < 4.78 is 9.03. The normalized spacial score (nSPS) is 11.7. The predicted octanol–water partition coefficient (Wildman–Crippen LogP) is 5.56. The van der Waals surface area contributed by atoms with Crippen LogP contribution < -0.4 is 9.54 Å². The summed E-state index contributed by atoms with van der Waals surface area (Å²) in [5.74, 6) is 1.07. The maximum atomic E-state index is 12.8. The van der Waals surface area contributed by atoms with E-state index in [2.05, 4.69) is 41.6 Å². The zero-order valence-corrected chi connectivity index (χ0v) is 16.6. The van der Waals surface area contributed by atoms with Gasteiger partial charge in [0.15, 0.2) is 4.80 Å². The summed E-state index contributed by atoms with van der Waals surface area (Å²) in [6.45, 7) is 4.88. The Bertz CT molecular complexity index is 1210. The molecule has 1 aromatic heterocycles. The molecule has 28 heavy (non-hydrogen) atoms. The maximum absolute atomic E-state index is 12.8. The third-order valence-electron chi connectivity index (χ3n) is 4.41. The second-order valence-electron chi connectivity index (χ2n) is 6.46. The fourth-order valence-corrected chi connectivity index (χ4v) is 4.23. The number of rotatable bonds is 4. The van der Waals surface area contributed by atoms with E-state index in [9.17, 15) is 4.79 Å². The van der Waals surface area contributed by atoms with Crippen molar-refractivity contribution >= 4 is 27.5 Å². The van der Waals surface area contributed by atoms with Crippen molar-refractivity contribution in [2.45, 2.75) is 20.4 Å². The van der Waals surface area contributed by atoms with Crippen LogP contribution in [0.1, 0.15) is 22.8 Å². The van der Waals surface area contributed by atoms with Gasteiger partial charge in [-0.3, -0.25) is 4.79 Å².